The number of nitrogens with zero attached hydrogens (tertiary/aromatic N) is 2. The van der Waals surface area contributed by atoms with Crippen LogP contribution in [-0.2, 0) is 0 Å². The summed E-state index contributed by atoms with van der Waals surface area (Å²) in [5.41, 5.74) is 1.28. The van der Waals surface area contributed by atoms with Crippen LogP contribution >= 0.6 is 0 Å². The van der Waals surface area contributed by atoms with Crippen molar-refractivity contribution in [2.45, 2.75) is 19.8 Å². The molecule has 1 fully saturated rings. The lowest BCUT2D eigenvalue weighted by Crippen LogP contribution is -2.34. The predicted molar refractivity (Wildman–Crippen MR) is 104 cm³/mol. The maximum absolute atomic E-state index is 12.6. The van der Waals surface area contributed by atoms with Crippen molar-refractivity contribution in [3.8, 4) is 11.5 Å². The fourth-order valence-corrected chi connectivity index (χ4v) is 3.66. The molecular formula is C20H21N3O5. The Kier molecular flexibility index (Phi) is 4.77. The van der Waals surface area contributed by atoms with Gasteiger partial charge < -0.3 is 19.7 Å². The van der Waals surface area contributed by atoms with E-state index in [0.717, 1.165) is 25.9 Å². The second-order valence-electron chi connectivity index (χ2n) is 7.18. The van der Waals surface area contributed by atoms with E-state index < -0.39 is 10.8 Å². The second kappa shape index (κ2) is 7.38. The molecular weight excluding hydrogens is 362 g/mol. The maximum Gasteiger partial charge on any atom is 0.293 e. The van der Waals surface area contributed by atoms with Gasteiger partial charge in [0.25, 0.3) is 11.6 Å². The number of amides is 1. The van der Waals surface area contributed by atoms with Crippen molar-refractivity contribution in [3.63, 3.8) is 0 Å². The molecule has 0 aliphatic carbocycles. The number of nitrogens with one attached hydrogen (secondary N) is 1. The van der Waals surface area contributed by atoms with Crippen molar-refractivity contribution >= 4 is 23.0 Å². The third-order valence-corrected chi connectivity index (χ3v) is 5.06. The van der Waals surface area contributed by atoms with Gasteiger partial charge in [-0.3, -0.25) is 14.9 Å². The van der Waals surface area contributed by atoms with E-state index in [9.17, 15) is 14.9 Å². The summed E-state index contributed by atoms with van der Waals surface area (Å²) >= 11 is 0. The van der Waals surface area contributed by atoms with Gasteiger partial charge in [-0.15, -0.1) is 0 Å². The first-order valence-corrected chi connectivity index (χ1v) is 9.25. The fraction of sp³-hybridized carbons (Fsp3) is 0.350. The molecule has 4 rings (SSSR count). The molecule has 8 nitrogen and oxygen atoms in total. The molecule has 2 aromatic rings. The van der Waals surface area contributed by atoms with Crippen LogP contribution in [0.4, 0.5) is 17.1 Å². The number of benzene rings is 2. The maximum atomic E-state index is 12.6. The Hall–Kier alpha value is -3.29. The Bertz CT molecular complexity index is 930. The van der Waals surface area contributed by atoms with Gasteiger partial charge in [-0.25, -0.2) is 0 Å². The molecule has 1 N–H and O–H groups in total. The molecule has 2 aromatic carbocycles. The highest BCUT2D eigenvalue weighted by Crippen LogP contribution is 2.35. The van der Waals surface area contributed by atoms with Crippen LogP contribution in [0.3, 0.4) is 0 Å². The summed E-state index contributed by atoms with van der Waals surface area (Å²) < 4.78 is 10.5. The summed E-state index contributed by atoms with van der Waals surface area (Å²) in [5.74, 6) is 1.25. The molecule has 2 aliphatic rings. The van der Waals surface area contributed by atoms with Crippen molar-refractivity contribution in [2.75, 3.05) is 30.1 Å². The van der Waals surface area contributed by atoms with Crippen LogP contribution in [0.1, 0.15) is 30.1 Å². The van der Waals surface area contributed by atoms with Gasteiger partial charge in [-0.1, -0.05) is 6.92 Å². The third kappa shape index (κ3) is 3.58. The molecule has 1 atom stereocenters. The van der Waals surface area contributed by atoms with Gasteiger partial charge in [0.1, 0.15) is 5.69 Å². The summed E-state index contributed by atoms with van der Waals surface area (Å²) in [4.78, 5) is 25.8. The minimum absolute atomic E-state index is 0.0487. The Morgan fingerprint density at radius 2 is 2.04 bits per heavy atom. The van der Waals surface area contributed by atoms with Gasteiger partial charge in [0.2, 0.25) is 6.79 Å². The molecule has 1 saturated heterocycles. The predicted octanol–water partition coefficient (Wildman–Crippen LogP) is 3.81. The number of rotatable bonds is 4. The monoisotopic (exact) mass is 383 g/mol. The molecule has 0 unspecified atom stereocenters. The summed E-state index contributed by atoms with van der Waals surface area (Å²) in [7, 11) is 0. The number of fused-ring (bicyclic) bond motifs is 1. The van der Waals surface area contributed by atoms with E-state index >= 15 is 0 Å². The Balaban J connectivity index is 1.56. The number of carbonyl (C=O) groups excluding carboxylic acids is 1. The highest BCUT2D eigenvalue weighted by atomic mass is 16.7. The smallest absolute Gasteiger partial charge is 0.293 e. The van der Waals surface area contributed by atoms with Crippen molar-refractivity contribution in [2.24, 2.45) is 5.92 Å². The lowest BCUT2D eigenvalue weighted by Gasteiger charge is -2.32. The van der Waals surface area contributed by atoms with E-state index in [2.05, 4.69) is 12.2 Å². The zero-order valence-corrected chi connectivity index (χ0v) is 15.5. The van der Waals surface area contributed by atoms with Gasteiger partial charge in [0.15, 0.2) is 11.5 Å². The van der Waals surface area contributed by atoms with E-state index in [1.54, 1.807) is 30.3 Å². The van der Waals surface area contributed by atoms with Gasteiger partial charge in [-0.2, -0.15) is 0 Å². The molecule has 1 amide bonds. The van der Waals surface area contributed by atoms with E-state index in [1.807, 2.05) is 4.90 Å². The SMILES string of the molecule is C[C@@H]1CCCN(c2ccc(C(=O)Nc3ccc4c(c3)OCO4)cc2[N+](=O)[O-])C1. The molecule has 0 saturated carbocycles. The molecule has 0 spiro atoms. The number of anilines is 2. The molecule has 2 heterocycles. The number of hydrogen-bond acceptors (Lipinski definition) is 6. The zero-order valence-electron chi connectivity index (χ0n) is 15.5. The molecule has 0 aromatic heterocycles. The zero-order chi connectivity index (χ0) is 19.7. The number of ether oxygens (including phenoxy) is 2. The molecule has 2 aliphatic heterocycles. The number of hydrogen-bond donors (Lipinski definition) is 1. The highest BCUT2D eigenvalue weighted by molar-refractivity contribution is 6.05. The summed E-state index contributed by atoms with van der Waals surface area (Å²) in [6.07, 6.45) is 2.13. The summed E-state index contributed by atoms with van der Waals surface area (Å²) in [6, 6.07) is 9.72. The van der Waals surface area contributed by atoms with Crippen LogP contribution in [-0.4, -0.2) is 30.7 Å². The highest BCUT2D eigenvalue weighted by Gasteiger charge is 2.25. The van der Waals surface area contributed by atoms with Gasteiger partial charge >= 0.3 is 0 Å². The van der Waals surface area contributed by atoms with Crippen LogP contribution in [0.25, 0.3) is 0 Å². The first-order chi connectivity index (χ1) is 13.5. The normalized spacial score (nSPS) is 18.0. The van der Waals surface area contributed by atoms with E-state index in [0.29, 0.717) is 28.8 Å². The average molecular weight is 383 g/mol. The molecule has 0 bridgehead atoms. The Morgan fingerprint density at radius 3 is 2.82 bits per heavy atom. The van der Waals surface area contributed by atoms with Crippen molar-refractivity contribution in [1.82, 2.24) is 0 Å². The average Bonchev–Trinajstić information content (AvgIpc) is 3.15. The minimum Gasteiger partial charge on any atom is -0.454 e. The van der Waals surface area contributed by atoms with Crippen LogP contribution in [0, 0.1) is 16.0 Å². The van der Waals surface area contributed by atoms with Gasteiger partial charge in [-0.05, 0) is 43.0 Å². The summed E-state index contributed by atoms with van der Waals surface area (Å²) in [5, 5.41) is 14.4. The number of nitro groups is 1. The Labute approximate surface area is 162 Å². The van der Waals surface area contributed by atoms with Crippen LogP contribution in [0.15, 0.2) is 36.4 Å². The van der Waals surface area contributed by atoms with E-state index in [4.69, 9.17) is 9.47 Å². The molecule has 146 valence electrons. The molecule has 8 heteroatoms. The van der Waals surface area contributed by atoms with Crippen LogP contribution in [0.2, 0.25) is 0 Å². The van der Waals surface area contributed by atoms with Gasteiger partial charge in [0.05, 0.1) is 4.92 Å². The molecule has 0 radical (unpaired) electrons. The van der Waals surface area contributed by atoms with Crippen molar-refractivity contribution < 1.29 is 19.2 Å². The first-order valence-electron chi connectivity index (χ1n) is 9.25. The quantitative estimate of drug-likeness (QED) is 0.637. The van der Waals surface area contributed by atoms with E-state index in [1.165, 1.54) is 6.07 Å². The summed E-state index contributed by atoms with van der Waals surface area (Å²) in [6.45, 7) is 3.86. The lowest BCUT2D eigenvalue weighted by molar-refractivity contribution is -0.384. The van der Waals surface area contributed by atoms with Crippen molar-refractivity contribution in [3.05, 3.63) is 52.1 Å². The number of piperidine rings is 1. The minimum atomic E-state index is -0.425. The number of carbonyl (C=O) groups is 1. The second-order valence-corrected chi connectivity index (χ2v) is 7.18. The van der Waals surface area contributed by atoms with E-state index in [-0.39, 0.29) is 18.0 Å². The standard InChI is InChI=1S/C20H21N3O5/c1-13-3-2-8-22(11-13)16-6-4-14(9-17(16)23(25)26)20(24)21-15-5-7-18-19(10-15)28-12-27-18/h4-7,9-10,13H,2-3,8,11-12H2,1H3,(H,21,24)/t13-/m1/s1. The van der Waals surface area contributed by atoms with Crippen molar-refractivity contribution in [1.29, 1.82) is 0 Å². The van der Waals surface area contributed by atoms with Crippen LogP contribution in [0.5, 0.6) is 11.5 Å². The third-order valence-electron chi connectivity index (χ3n) is 5.06. The first kappa shape index (κ1) is 18.1. The van der Waals surface area contributed by atoms with Crippen LogP contribution < -0.4 is 19.7 Å². The largest absolute Gasteiger partial charge is 0.454 e. The fourth-order valence-electron chi connectivity index (χ4n) is 3.66. The lowest BCUT2D eigenvalue weighted by atomic mass is 9.99. The van der Waals surface area contributed by atoms with Gasteiger partial charge in [0, 0.05) is 36.5 Å². The Morgan fingerprint density at radius 1 is 1.21 bits per heavy atom. The number of nitro benzene ring substituents is 1. The molecule has 28 heavy (non-hydrogen) atoms. The topological polar surface area (TPSA) is 93.9 Å².